The van der Waals surface area contributed by atoms with Gasteiger partial charge in [-0.2, -0.15) is 0 Å². The molecule has 1 unspecified atom stereocenters. The first-order valence-corrected chi connectivity index (χ1v) is 4.81. The van der Waals surface area contributed by atoms with Crippen molar-refractivity contribution in [3.63, 3.8) is 0 Å². The third-order valence-corrected chi connectivity index (χ3v) is 2.52. The molecule has 88 valence electrons. The van der Waals surface area contributed by atoms with E-state index in [1.807, 2.05) is 0 Å². The molecule has 1 aromatic rings. The average molecular weight is 226 g/mol. The van der Waals surface area contributed by atoms with Gasteiger partial charge in [-0.25, -0.2) is 4.79 Å². The lowest BCUT2D eigenvalue weighted by molar-refractivity contribution is -0.148. The van der Waals surface area contributed by atoms with Gasteiger partial charge in [0.2, 0.25) is 5.91 Å². The first-order valence-electron chi connectivity index (χ1n) is 4.81. The van der Waals surface area contributed by atoms with E-state index in [1.165, 1.54) is 25.1 Å². The summed E-state index contributed by atoms with van der Waals surface area (Å²) in [5.41, 5.74) is 1.32. The molecule has 1 atom stereocenters. The molecule has 0 aliphatic rings. The van der Waals surface area contributed by atoms with Crippen LogP contribution in [0.15, 0.2) is 10.8 Å². The summed E-state index contributed by atoms with van der Waals surface area (Å²) in [6, 6.07) is -0.840. The third kappa shape index (κ3) is 2.59. The summed E-state index contributed by atoms with van der Waals surface area (Å²) in [5, 5.41) is 12.4. The van der Waals surface area contributed by atoms with Gasteiger partial charge in [0.25, 0.3) is 0 Å². The van der Waals surface area contributed by atoms with Crippen LogP contribution in [0, 0.1) is 6.92 Å². The molecule has 0 saturated carbocycles. The van der Waals surface area contributed by atoms with E-state index >= 15 is 0 Å². The van der Waals surface area contributed by atoms with Crippen molar-refractivity contribution < 1.29 is 19.2 Å². The molecule has 1 aromatic heterocycles. The average Bonchev–Trinajstić information content (AvgIpc) is 2.62. The van der Waals surface area contributed by atoms with Crippen molar-refractivity contribution in [1.82, 2.24) is 10.1 Å². The summed E-state index contributed by atoms with van der Waals surface area (Å²) in [6.45, 7) is 3.19. The number of amides is 1. The van der Waals surface area contributed by atoms with Gasteiger partial charge in [-0.1, -0.05) is 5.16 Å². The minimum absolute atomic E-state index is 0.101. The van der Waals surface area contributed by atoms with Gasteiger partial charge in [-0.05, 0) is 13.8 Å². The van der Waals surface area contributed by atoms with Gasteiger partial charge in [0.05, 0.1) is 12.1 Å². The van der Waals surface area contributed by atoms with E-state index in [0.29, 0.717) is 11.3 Å². The molecule has 0 radical (unpaired) electrons. The Bertz CT molecular complexity index is 399. The molecule has 1 N–H and O–H groups in total. The fourth-order valence-corrected chi connectivity index (χ4v) is 1.15. The smallest absolute Gasteiger partial charge is 0.326 e. The number of carbonyl (C=O) groups is 2. The van der Waals surface area contributed by atoms with Crippen molar-refractivity contribution in [2.45, 2.75) is 26.3 Å². The number of hydrogen-bond acceptors (Lipinski definition) is 4. The SMILES string of the molecule is Cc1nocc1CC(=O)N(C)C(C)C(=O)O. The standard InChI is InChI=1S/C10H14N2O4/c1-6-8(5-16-11-6)4-9(13)12(3)7(2)10(14)15/h5,7H,4H2,1-3H3,(H,14,15). The normalized spacial score (nSPS) is 12.2. The zero-order chi connectivity index (χ0) is 12.3. The minimum Gasteiger partial charge on any atom is -0.480 e. The zero-order valence-corrected chi connectivity index (χ0v) is 9.43. The number of rotatable bonds is 4. The Morgan fingerprint density at radius 2 is 2.25 bits per heavy atom. The van der Waals surface area contributed by atoms with Gasteiger partial charge in [-0.3, -0.25) is 4.79 Å². The highest BCUT2D eigenvalue weighted by Crippen LogP contribution is 2.08. The van der Waals surface area contributed by atoms with Crippen LogP contribution in [0.25, 0.3) is 0 Å². The van der Waals surface area contributed by atoms with E-state index in [2.05, 4.69) is 5.16 Å². The Hall–Kier alpha value is -1.85. The molecule has 0 saturated heterocycles. The quantitative estimate of drug-likeness (QED) is 0.806. The lowest BCUT2D eigenvalue weighted by atomic mass is 10.1. The van der Waals surface area contributed by atoms with E-state index in [9.17, 15) is 9.59 Å². The molecule has 0 spiro atoms. The van der Waals surface area contributed by atoms with Crippen molar-refractivity contribution in [2.24, 2.45) is 0 Å². The predicted octanol–water partition coefficient (Wildman–Crippen LogP) is 0.457. The van der Waals surface area contributed by atoms with Crippen LogP contribution in [0.2, 0.25) is 0 Å². The molecule has 0 bridgehead atoms. The maximum Gasteiger partial charge on any atom is 0.326 e. The number of aromatic nitrogens is 1. The van der Waals surface area contributed by atoms with E-state index < -0.39 is 12.0 Å². The Morgan fingerprint density at radius 3 is 2.69 bits per heavy atom. The Labute approximate surface area is 92.8 Å². The summed E-state index contributed by atoms with van der Waals surface area (Å²) in [4.78, 5) is 23.6. The van der Waals surface area contributed by atoms with Gasteiger partial charge in [-0.15, -0.1) is 0 Å². The first-order chi connectivity index (χ1) is 7.43. The first kappa shape index (κ1) is 12.2. The van der Waals surface area contributed by atoms with Crippen LogP contribution in [-0.2, 0) is 16.0 Å². The van der Waals surface area contributed by atoms with Crippen LogP contribution in [0.1, 0.15) is 18.2 Å². The second-order valence-electron chi connectivity index (χ2n) is 3.62. The molecule has 0 fully saturated rings. The van der Waals surface area contributed by atoms with E-state index in [1.54, 1.807) is 6.92 Å². The van der Waals surface area contributed by atoms with Gasteiger partial charge >= 0.3 is 5.97 Å². The lowest BCUT2D eigenvalue weighted by Gasteiger charge is -2.21. The van der Waals surface area contributed by atoms with Gasteiger partial charge in [0, 0.05) is 12.6 Å². The third-order valence-electron chi connectivity index (χ3n) is 2.52. The fraction of sp³-hybridized carbons (Fsp3) is 0.500. The zero-order valence-electron chi connectivity index (χ0n) is 9.43. The van der Waals surface area contributed by atoms with Crippen LogP contribution < -0.4 is 0 Å². The van der Waals surface area contributed by atoms with Gasteiger partial charge < -0.3 is 14.5 Å². The van der Waals surface area contributed by atoms with E-state index in [0.717, 1.165) is 0 Å². The number of aliphatic carboxylic acids is 1. The summed E-state index contributed by atoms with van der Waals surface area (Å²) < 4.78 is 4.70. The topological polar surface area (TPSA) is 83.6 Å². The number of hydrogen-bond donors (Lipinski definition) is 1. The van der Waals surface area contributed by atoms with Crippen LogP contribution in [0.3, 0.4) is 0 Å². The second-order valence-corrected chi connectivity index (χ2v) is 3.62. The fourth-order valence-electron chi connectivity index (χ4n) is 1.15. The summed E-state index contributed by atoms with van der Waals surface area (Å²) in [7, 11) is 1.46. The predicted molar refractivity (Wildman–Crippen MR) is 54.8 cm³/mol. The molecular formula is C10H14N2O4. The van der Waals surface area contributed by atoms with Gasteiger partial charge in [0.15, 0.2) is 0 Å². The van der Waals surface area contributed by atoms with Crippen molar-refractivity contribution in [1.29, 1.82) is 0 Å². The molecule has 16 heavy (non-hydrogen) atoms. The summed E-state index contributed by atoms with van der Waals surface area (Å²) >= 11 is 0. The van der Waals surface area contributed by atoms with Crippen molar-refractivity contribution in [3.05, 3.63) is 17.5 Å². The van der Waals surface area contributed by atoms with E-state index in [4.69, 9.17) is 9.63 Å². The van der Waals surface area contributed by atoms with Crippen molar-refractivity contribution in [3.8, 4) is 0 Å². The van der Waals surface area contributed by atoms with Crippen LogP contribution in [-0.4, -0.2) is 40.1 Å². The maximum absolute atomic E-state index is 11.7. The lowest BCUT2D eigenvalue weighted by Crippen LogP contribution is -2.41. The molecule has 1 rings (SSSR count). The molecule has 1 heterocycles. The van der Waals surface area contributed by atoms with Crippen LogP contribution in [0.5, 0.6) is 0 Å². The summed E-state index contributed by atoms with van der Waals surface area (Å²) in [5.74, 6) is -1.31. The molecule has 0 aliphatic heterocycles. The highest BCUT2D eigenvalue weighted by Gasteiger charge is 2.22. The molecule has 6 nitrogen and oxygen atoms in total. The molecule has 0 aromatic carbocycles. The maximum atomic E-state index is 11.7. The van der Waals surface area contributed by atoms with Crippen LogP contribution in [0.4, 0.5) is 0 Å². The summed E-state index contributed by atoms with van der Waals surface area (Å²) in [6.07, 6.45) is 1.50. The second kappa shape index (κ2) is 4.78. The Balaban J connectivity index is 2.66. The number of nitrogens with zero attached hydrogens (tertiary/aromatic N) is 2. The highest BCUT2D eigenvalue weighted by atomic mass is 16.5. The Kier molecular flexibility index (Phi) is 3.65. The van der Waals surface area contributed by atoms with Crippen molar-refractivity contribution in [2.75, 3.05) is 7.05 Å². The molecule has 0 aliphatic carbocycles. The van der Waals surface area contributed by atoms with Gasteiger partial charge in [0.1, 0.15) is 12.3 Å². The number of carboxylic acid groups (broad SMARTS) is 1. The number of likely N-dealkylation sites (N-methyl/N-ethyl adjacent to an activating group) is 1. The molecule has 6 heteroatoms. The number of aryl methyl sites for hydroxylation is 1. The number of carbonyl (C=O) groups excluding carboxylic acids is 1. The van der Waals surface area contributed by atoms with Crippen molar-refractivity contribution >= 4 is 11.9 Å². The largest absolute Gasteiger partial charge is 0.480 e. The highest BCUT2D eigenvalue weighted by molar-refractivity contribution is 5.84. The monoisotopic (exact) mass is 226 g/mol. The van der Waals surface area contributed by atoms with Crippen LogP contribution >= 0.6 is 0 Å². The minimum atomic E-state index is -1.03. The molecular weight excluding hydrogens is 212 g/mol. The molecule has 1 amide bonds. The van der Waals surface area contributed by atoms with E-state index in [-0.39, 0.29) is 12.3 Å². The number of carboxylic acids is 1. The Morgan fingerprint density at radius 1 is 1.62 bits per heavy atom.